The van der Waals surface area contributed by atoms with Crippen LogP contribution in [0.2, 0.25) is 0 Å². The summed E-state index contributed by atoms with van der Waals surface area (Å²) in [7, 11) is -0.451. The summed E-state index contributed by atoms with van der Waals surface area (Å²) in [5.41, 5.74) is 0.535. The van der Waals surface area contributed by atoms with Gasteiger partial charge in [0.05, 0.1) is 6.10 Å². The molecule has 122 valence electrons. The Labute approximate surface area is 141 Å². The summed E-state index contributed by atoms with van der Waals surface area (Å²) >= 11 is 0. The van der Waals surface area contributed by atoms with Crippen LogP contribution in [0.3, 0.4) is 0 Å². The van der Waals surface area contributed by atoms with Gasteiger partial charge in [-0.3, -0.25) is 0 Å². The Kier molecular flexibility index (Phi) is 5.51. The van der Waals surface area contributed by atoms with Gasteiger partial charge in [-0.05, 0) is 48.9 Å². The highest BCUT2D eigenvalue weighted by Gasteiger charge is 2.39. The molecule has 0 amide bonds. The van der Waals surface area contributed by atoms with Crippen LogP contribution in [-0.2, 0) is 0 Å². The average molecular weight is 326 g/mol. The van der Waals surface area contributed by atoms with Crippen molar-refractivity contribution in [1.29, 1.82) is 0 Å². The van der Waals surface area contributed by atoms with Crippen molar-refractivity contribution in [3.05, 3.63) is 60.7 Å². The smallest absolute Gasteiger partial charge is 0.0574 e. The van der Waals surface area contributed by atoms with Crippen LogP contribution in [-0.4, -0.2) is 16.9 Å². The molecule has 0 bridgehead atoms. The molecule has 0 aromatic heterocycles. The predicted octanol–water partition coefficient (Wildman–Crippen LogP) is 4.30. The van der Waals surface area contributed by atoms with E-state index in [1.165, 1.54) is 23.5 Å². The van der Waals surface area contributed by atoms with Gasteiger partial charge in [0.25, 0.3) is 0 Å². The summed E-state index contributed by atoms with van der Waals surface area (Å²) in [4.78, 5) is 0. The number of aliphatic hydroxyl groups excluding tert-OH is 1. The highest BCUT2D eigenvalue weighted by atomic mass is 31.1. The summed E-state index contributed by atoms with van der Waals surface area (Å²) in [6.07, 6.45) is 3.19. The molecule has 3 atom stereocenters. The average Bonchev–Trinajstić information content (AvgIpc) is 2.99. The Morgan fingerprint density at radius 2 is 1.39 bits per heavy atom. The molecule has 1 N–H and O–H groups in total. The van der Waals surface area contributed by atoms with E-state index in [1.807, 2.05) is 0 Å². The minimum Gasteiger partial charge on any atom is -0.393 e. The van der Waals surface area contributed by atoms with Crippen molar-refractivity contribution >= 4 is 18.5 Å². The van der Waals surface area contributed by atoms with Crippen molar-refractivity contribution in [3.8, 4) is 0 Å². The highest BCUT2D eigenvalue weighted by molar-refractivity contribution is 7.73. The van der Waals surface area contributed by atoms with E-state index >= 15 is 0 Å². The molecule has 23 heavy (non-hydrogen) atoms. The molecule has 0 radical (unpaired) electrons. The van der Waals surface area contributed by atoms with Crippen LogP contribution >= 0.6 is 7.92 Å². The monoisotopic (exact) mass is 326 g/mol. The van der Waals surface area contributed by atoms with Gasteiger partial charge in [0, 0.05) is 0 Å². The van der Waals surface area contributed by atoms with E-state index in [0.717, 1.165) is 6.42 Å². The van der Waals surface area contributed by atoms with E-state index in [0.29, 0.717) is 17.5 Å². The summed E-state index contributed by atoms with van der Waals surface area (Å²) in [5.74, 6) is 1.00. The van der Waals surface area contributed by atoms with Crippen LogP contribution in [0.4, 0.5) is 0 Å². The molecule has 2 heteroatoms. The lowest BCUT2D eigenvalue weighted by atomic mass is 9.93. The Balaban J connectivity index is 2.05. The predicted molar refractivity (Wildman–Crippen MR) is 101 cm³/mol. The first-order valence-electron chi connectivity index (χ1n) is 8.76. The lowest BCUT2D eigenvalue weighted by molar-refractivity contribution is 0.123. The Hall–Kier alpha value is -1.17. The molecule has 3 rings (SSSR count). The van der Waals surface area contributed by atoms with Crippen molar-refractivity contribution in [2.75, 3.05) is 0 Å². The highest BCUT2D eigenvalue weighted by Crippen LogP contribution is 2.50. The number of aliphatic hydroxyl groups is 1. The fraction of sp³-hybridized carbons (Fsp3) is 0.429. The van der Waals surface area contributed by atoms with Crippen molar-refractivity contribution < 1.29 is 5.11 Å². The van der Waals surface area contributed by atoms with E-state index in [2.05, 4.69) is 74.5 Å². The second kappa shape index (κ2) is 7.60. The lowest BCUT2D eigenvalue weighted by Crippen LogP contribution is -2.35. The molecular formula is C21H27OP. The van der Waals surface area contributed by atoms with Crippen molar-refractivity contribution in [1.82, 2.24) is 0 Å². The zero-order chi connectivity index (χ0) is 16.2. The maximum Gasteiger partial charge on any atom is 0.0574 e. The summed E-state index contributed by atoms with van der Waals surface area (Å²) in [6.45, 7) is 4.66. The molecule has 2 aromatic carbocycles. The molecule has 2 aromatic rings. The van der Waals surface area contributed by atoms with Gasteiger partial charge in [0.2, 0.25) is 0 Å². The third-order valence-electron chi connectivity index (χ3n) is 5.02. The van der Waals surface area contributed by atoms with E-state index in [1.54, 1.807) is 0 Å². The van der Waals surface area contributed by atoms with Gasteiger partial charge in [0.15, 0.2) is 0 Å². The fourth-order valence-electron chi connectivity index (χ4n) is 4.02. The van der Waals surface area contributed by atoms with Crippen LogP contribution in [0.5, 0.6) is 0 Å². The molecule has 1 aliphatic carbocycles. The Bertz CT molecular complexity index is 556. The van der Waals surface area contributed by atoms with Crippen molar-refractivity contribution in [2.24, 2.45) is 11.8 Å². The topological polar surface area (TPSA) is 20.2 Å². The zero-order valence-electron chi connectivity index (χ0n) is 14.1. The normalized spacial score (nSPS) is 22.7. The standard InChI is InChI=1S/C21H27OP/c1-16(2)21(19-14-9-15-20(19)22)23(17-10-5-3-6-11-17)18-12-7-4-8-13-18/h3-8,10-13,16,19-22H,9,14-15H2,1-2H3/t19-,20-,21-/m0/s1. The van der Waals surface area contributed by atoms with Crippen molar-refractivity contribution in [2.45, 2.75) is 44.9 Å². The molecule has 0 unspecified atom stereocenters. The van der Waals surface area contributed by atoms with Crippen LogP contribution < -0.4 is 10.6 Å². The second-order valence-electron chi connectivity index (χ2n) is 6.94. The first-order chi connectivity index (χ1) is 11.2. The largest absolute Gasteiger partial charge is 0.393 e. The quantitative estimate of drug-likeness (QED) is 0.812. The molecule has 1 fully saturated rings. The molecule has 0 spiro atoms. The van der Waals surface area contributed by atoms with Gasteiger partial charge in [-0.15, -0.1) is 0 Å². The minimum atomic E-state index is -0.451. The summed E-state index contributed by atoms with van der Waals surface area (Å²) < 4.78 is 0. The molecule has 1 nitrogen and oxygen atoms in total. The fourth-order valence-corrected chi connectivity index (χ4v) is 7.32. The van der Waals surface area contributed by atoms with Crippen LogP contribution in [0.15, 0.2) is 60.7 Å². The lowest BCUT2D eigenvalue weighted by Gasteiger charge is -2.37. The molecule has 0 heterocycles. The van der Waals surface area contributed by atoms with Gasteiger partial charge in [-0.1, -0.05) is 80.9 Å². The van der Waals surface area contributed by atoms with Gasteiger partial charge in [-0.25, -0.2) is 0 Å². The number of benzene rings is 2. The van der Waals surface area contributed by atoms with Gasteiger partial charge in [-0.2, -0.15) is 0 Å². The van der Waals surface area contributed by atoms with Crippen LogP contribution in [0.1, 0.15) is 33.1 Å². The third-order valence-corrected chi connectivity index (χ3v) is 8.30. The maximum atomic E-state index is 10.6. The number of rotatable bonds is 5. The van der Waals surface area contributed by atoms with Gasteiger partial charge < -0.3 is 5.11 Å². The number of hydrogen-bond donors (Lipinski definition) is 1. The van der Waals surface area contributed by atoms with Crippen LogP contribution in [0.25, 0.3) is 0 Å². The maximum absolute atomic E-state index is 10.6. The molecule has 0 aliphatic heterocycles. The van der Waals surface area contributed by atoms with E-state index in [9.17, 15) is 5.11 Å². The van der Waals surface area contributed by atoms with Gasteiger partial charge in [0.1, 0.15) is 0 Å². The van der Waals surface area contributed by atoms with Gasteiger partial charge >= 0.3 is 0 Å². The first-order valence-corrected chi connectivity index (χ1v) is 10.2. The Morgan fingerprint density at radius 3 is 1.78 bits per heavy atom. The van der Waals surface area contributed by atoms with E-state index in [4.69, 9.17) is 0 Å². The number of hydrogen-bond acceptors (Lipinski definition) is 1. The van der Waals surface area contributed by atoms with Crippen molar-refractivity contribution in [3.63, 3.8) is 0 Å². The molecule has 0 saturated heterocycles. The zero-order valence-corrected chi connectivity index (χ0v) is 15.0. The molecule has 1 saturated carbocycles. The third kappa shape index (κ3) is 3.67. The van der Waals surface area contributed by atoms with E-state index in [-0.39, 0.29) is 6.10 Å². The summed E-state index contributed by atoms with van der Waals surface area (Å²) in [6, 6.07) is 21.9. The van der Waals surface area contributed by atoms with E-state index < -0.39 is 7.92 Å². The molecule has 1 aliphatic rings. The SMILES string of the molecule is CC(C)[C@@H]([C@H]1CCC[C@@H]1O)P(c1ccccc1)c1ccccc1. The molecular weight excluding hydrogens is 299 g/mol. The first kappa shape index (κ1) is 16.7. The Morgan fingerprint density at radius 1 is 0.870 bits per heavy atom. The van der Waals surface area contributed by atoms with Crippen LogP contribution in [0, 0.1) is 11.8 Å². The summed E-state index contributed by atoms with van der Waals surface area (Å²) in [5, 5.41) is 13.4. The second-order valence-corrected chi connectivity index (χ2v) is 9.31. The minimum absolute atomic E-state index is 0.125.